The molecular formula is C18H20ClN5O2. The van der Waals surface area contributed by atoms with Gasteiger partial charge < -0.3 is 14.6 Å². The van der Waals surface area contributed by atoms with Gasteiger partial charge in [0.25, 0.3) is 5.91 Å². The zero-order chi connectivity index (χ0) is 18.5. The van der Waals surface area contributed by atoms with E-state index in [1.165, 1.54) is 0 Å². The molecule has 0 saturated carbocycles. The molecule has 3 rings (SSSR count). The lowest BCUT2D eigenvalue weighted by atomic mass is 10.2. The summed E-state index contributed by atoms with van der Waals surface area (Å²) in [5, 5.41) is 12.4. The zero-order valence-corrected chi connectivity index (χ0v) is 15.4. The number of nitrogens with one attached hydrogen (secondary N) is 1. The van der Waals surface area contributed by atoms with Crippen LogP contribution in [0.25, 0.3) is 10.9 Å². The second-order valence-corrected chi connectivity index (χ2v) is 6.34. The van der Waals surface area contributed by atoms with E-state index in [1.54, 1.807) is 25.6 Å². The van der Waals surface area contributed by atoms with Gasteiger partial charge in [0.05, 0.1) is 16.6 Å². The van der Waals surface area contributed by atoms with Crippen molar-refractivity contribution in [2.45, 2.75) is 25.9 Å². The molecule has 2 heterocycles. The predicted octanol–water partition coefficient (Wildman–Crippen LogP) is 3.01. The first-order valence-electron chi connectivity index (χ1n) is 8.33. The fourth-order valence-electron chi connectivity index (χ4n) is 2.72. The minimum absolute atomic E-state index is 0.286. The fraction of sp³-hybridized carbons (Fsp3) is 0.333. The Hall–Kier alpha value is -2.51. The zero-order valence-electron chi connectivity index (χ0n) is 14.6. The average molecular weight is 374 g/mol. The number of ether oxygens (including phenoxy) is 1. The first kappa shape index (κ1) is 18.3. The number of carbonyl (C=O) groups excluding carboxylic acids is 1. The third-order valence-electron chi connectivity index (χ3n) is 4.03. The Morgan fingerprint density at radius 3 is 3.00 bits per heavy atom. The molecule has 0 aliphatic carbocycles. The maximum atomic E-state index is 12.6. The number of hydrogen-bond acceptors (Lipinski definition) is 5. The molecule has 0 unspecified atom stereocenters. The summed E-state index contributed by atoms with van der Waals surface area (Å²) in [6.45, 7) is 3.24. The molecular weight excluding hydrogens is 354 g/mol. The number of nitrogens with zero attached hydrogens (tertiary/aromatic N) is 4. The Balaban J connectivity index is 1.74. The first-order chi connectivity index (χ1) is 12.6. The van der Waals surface area contributed by atoms with E-state index in [9.17, 15) is 4.79 Å². The van der Waals surface area contributed by atoms with Crippen molar-refractivity contribution in [1.29, 1.82) is 0 Å². The van der Waals surface area contributed by atoms with Crippen LogP contribution < -0.4 is 5.32 Å². The van der Waals surface area contributed by atoms with Crippen LogP contribution in [0.5, 0.6) is 0 Å². The number of para-hydroxylation sites is 1. The van der Waals surface area contributed by atoms with Gasteiger partial charge in [-0.1, -0.05) is 29.8 Å². The number of rotatable bonds is 7. The highest BCUT2D eigenvalue weighted by Crippen LogP contribution is 2.21. The van der Waals surface area contributed by atoms with Crippen LogP contribution in [0.1, 0.15) is 35.7 Å². The van der Waals surface area contributed by atoms with Gasteiger partial charge in [-0.05, 0) is 25.5 Å². The second-order valence-electron chi connectivity index (χ2n) is 5.93. The number of aromatic nitrogens is 4. The Kier molecular flexibility index (Phi) is 5.80. The van der Waals surface area contributed by atoms with Gasteiger partial charge in [0, 0.05) is 25.6 Å². The van der Waals surface area contributed by atoms with Gasteiger partial charge in [-0.25, -0.2) is 4.98 Å². The molecule has 0 bridgehead atoms. The predicted molar refractivity (Wildman–Crippen MR) is 99.1 cm³/mol. The topological polar surface area (TPSA) is 81.9 Å². The van der Waals surface area contributed by atoms with Crippen LogP contribution in [-0.2, 0) is 11.3 Å². The van der Waals surface area contributed by atoms with Gasteiger partial charge in [0.15, 0.2) is 5.82 Å². The maximum absolute atomic E-state index is 12.6. The first-order valence-corrected chi connectivity index (χ1v) is 8.70. The summed E-state index contributed by atoms with van der Waals surface area (Å²) in [6.07, 6.45) is 2.49. The van der Waals surface area contributed by atoms with E-state index in [0.29, 0.717) is 28.7 Å². The van der Waals surface area contributed by atoms with Crippen LogP contribution in [0.4, 0.5) is 0 Å². The molecule has 0 aliphatic rings. The van der Waals surface area contributed by atoms with Crippen LogP contribution in [0, 0.1) is 0 Å². The van der Waals surface area contributed by atoms with Crippen LogP contribution >= 0.6 is 11.6 Å². The number of methoxy groups -OCH3 is 1. The highest BCUT2D eigenvalue weighted by Gasteiger charge is 2.18. The lowest BCUT2D eigenvalue weighted by molar-refractivity contribution is 0.0932. The molecule has 136 valence electrons. The molecule has 8 heteroatoms. The molecule has 26 heavy (non-hydrogen) atoms. The molecule has 0 spiro atoms. The molecule has 7 nitrogen and oxygen atoms in total. The van der Waals surface area contributed by atoms with Crippen molar-refractivity contribution >= 4 is 28.4 Å². The number of carbonyl (C=O) groups is 1. The molecule has 3 aromatic rings. The van der Waals surface area contributed by atoms with E-state index in [-0.39, 0.29) is 11.9 Å². The van der Waals surface area contributed by atoms with Crippen LogP contribution in [0.2, 0.25) is 5.02 Å². The minimum Gasteiger partial charge on any atom is -0.385 e. The Morgan fingerprint density at radius 2 is 2.19 bits per heavy atom. The second kappa shape index (κ2) is 8.25. The largest absolute Gasteiger partial charge is 0.385 e. The van der Waals surface area contributed by atoms with Crippen LogP contribution in [0.15, 0.2) is 36.7 Å². The Morgan fingerprint density at radius 1 is 1.35 bits per heavy atom. The molecule has 0 radical (unpaired) electrons. The summed E-state index contributed by atoms with van der Waals surface area (Å²) in [7, 11) is 1.67. The molecule has 0 saturated heterocycles. The van der Waals surface area contributed by atoms with Gasteiger partial charge in [0.2, 0.25) is 0 Å². The third-order valence-corrected chi connectivity index (χ3v) is 4.34. The van der Waals surface area contributed by atoms with Crippen molar-refractivity contribution < 1.29 is 9.53 Å². The summed E-state index contributed by atoms with van der Waals surface area (Å²) < 4.78 is 6.98. The van der Waals surface area contributed by atoms with E-state index in [2.05, 4.69) is 20.5 Å². The van der Waals surface area contributed by atoms with Gasteiger partial charge in [-0.3, -0.25) is 4.79 Å². The summed E-state index contributed by atoms with van der Waals surface area (Å²) in [6, 6.07) is 8.72. The number of fused-ring (bicyclic) bond motifs is 1. The normalized spacial score (nSPS) is 12.3. The molecule has 2 aromatic heterocycles. The van der Waals surface area contributed by atoms with Crippen molar-refractivity contribution in [2.24, 2.45) is 0 Å². The molecule has 1 aromatic carbocycles. The highest BCUT2D eigenvalue weighted by molar-refractivity contribution is 6.35. The van der Waals surface area contributed by atoms with Crippen LogP contribution in [-0.4, -0.2) is 39.4 Å². The van der Waals surface area contributed by atoms with E-state index < -0.39 is 0 Å². The number of amides is 1. The Labute approximate surface area is 156 Å². The van der Waals surface area contributed by atoms with Gasteiger partial charge in [0.1, 0.15) is 12.0 Å². The van der Waals surface area contributed by atoms with E-state index in [1.807, 2.05) is 29.7 Å². The smallest absolute Gasteiger partial charge is 0.270 e. The number of aryl methyl sites for hydroxylation is 1. The lowest BCUT2D eigenvalue weighted by Crippen LogP contribution is -2.29. The van der Waals surface area contributed by atoms with Gasteiger partial charge >= 0.3 is 0 Å². The number of hydrogen-bond donors (Lipinski definition) is 1. The maximum Gasteiger partial charge on any atom is 0.270 e. The van der Waals surface area contributed by atoms with Crippen molar-refractivity contribution in [1.82, 2.24) is 25.1 Å². The number of pyridine rings is 1. The third kappa shape index (κ3) is 4.00. The Bertz CT molecular complexity index is 911. The van der Waals surface area contributed by atoms with Crippen molar-refractivity contribution in [2.75, 3.05) is 13.7 Å². The molecule has 0 aliphatic heterocycles. The van der Waals surface area contributed by atoms with Gasteiger partial charge in [-0.15, -0.1) is 10.2 Å². The fourth-order valence-corrected chi connectivity index (χ4v) is 2.95. The summed E-state index contributed by atoms with van der Waals surface area (Å²) in [5.41, 5.74) is 0.917. The van der Waals surface area contributed by atoms with Crippen molar-refractivity contribution in [3.05, 3.63) is 53.2 Å². The van der Waals surface area contributed by atoms with E-state index in [0.717, 1.165) is 18.4 Å². The quantitative estimate of drug-likeness (QED) is 0.644. The molecule has 1 N–H and O–H groups in total. The lowest BCUT2D eigenvalue weighted by Gasteiger charge is -2.15. The molecule has 1 atom stereocenters. The SMILES string of the molecule is COCCCn1cnnc1[C@H](C)NC(=O)c1ccc2cccc(Cl)c2n1. The molecule has 0 fully saturated rings. The van der Waals surface area contributed by atoms with E-state index >= 15 is 0 Å². The standard InChI is InChI=1S/C18H20ClN5O2/c1-12(17-23-20-11-24(17)9-4-10-26-2)21-18(25)15-8-7-13-5-3-6-14(19)16(13)22-15/h3,5-8,11-12H,4,9-10H2,1-2H3,(H,21,25)/t12-/m0/s1. The van der Waals surface area contributed by atoms with E-state index in [4.69, 9.17) is 16.3 Å². The monoisotopic (exact) mass is 373 g/mol. The molecule has 1 amide bonds. The van der Waals surface area contributed by atoms with Crippen molar-refractivity contribution in [3.8, 4) is 0 Å². The van der Waals surface area contributed by atoms with Gasteiger partial charge in [-0.2, -0.15) is 0 Å². The van der Waals surface area contributed by atoms with Crippen LogP contribution in [0.3, 0.4) is 0 Å². The summed E-state index contributed by atoms with van der Waals surface area (Å²) >= 11 is 6.18. The highest BCUT2D eigenvalue weighted by atomic mass is 35.5. The summed E-state index contributed by atoms with van der Waals surface area (Å²) in [4.78, 5) is 17.0. The summed E-state index contributed by atoms with van der Waals surface area (Å²) in [5.74, 6) is 0.402. The van der Waals surface area contributed by atoms with Crippen molar-refractivity contribution in [3.63, 3.8) is 0 Å². The number of benzene rings is 1. The minimum atomic E-state index is -0.309. The average Bonchev–Trinajstić information content (AvgIpc) is 3.10. The number of halogens is 1.